The normalized spacial score (nSPS) is 9.94. The van der Waals surface area contributed by atoms with Crippen LogP contribution in [-0.4, -0.2) is 11.8 Å². The maximum atomic E-state index is 11.4. The molecule has 2 aromatic heterocycles. The van der Waals surface area contributed by atoms with E-state index in [2.05, 4.69) is 10.9 Å². The van der Waals surface area contributed by atoms with E-state index in [9.17, 15) is 9.59 Å². The van der Waals surface area contributed by atoms with Crippen LogP contribution in [0.2, 0.25) is 5.22 Å². The molecule has 0 fully saturated rings. The van der Waals surface area contributed by atoms with Gasteiger partial charge in [0.2, 0.25) is 0 Å². The zero-order valence-electron chi connectivity index (χ0n) is 8.40. The molecular formula is C10H7ClN2O4. The number of carbonyl (C=O) groups is 2. The van der Waals surface area contributed by atoms with Crippen molar-refractivity contribution in [1.29, 1.82) is 0 Å². The number of halogens is 1. The average Bonchev–Trinajstić information content (AvgIpc) is 2.95. The van der Waals surface area contributed by atoms with Crippen molar-refractivity contribution in [1.82, 2.24) is 10.9 Å². The van der Waals surface area contributed by atoms with E-state index in [-0.39, 0.29) is 16.7 Å². The predicted octanol–water partition coefficient (Wildman–Crippen LogP) is 1.60. The van der Waals surface area contributed by atoms with Crippen molar-refractivity contribution in [3.05, 3.63) is 47.3 Å². The molecule has 2 rings (SSSR count). The summed E-state index contributed by atoms with van der Waals surface area (Å²) in [6.45, 7) is 0. The minimum absolute atomic E-state index is 0.00487. The Kier molecular flexibility index (Phi) is 3.15. The van der Waals surface area contributed by atoms with Gasteiger partial charge in [-0.05, 0) is 35.9 Å². The minimum atomic E-state index is -0.614. The number of rotatable bonds is 2. The zero-order chi connectivity index (χ0) is 12.3. The maximum absolute atomic E-state index is 11.4. The standard InChI is InChI=1S/C10H7ClN2O4/c11-8-4-3-7(17-8)10(15)13-12-9(14)6-2-1-5-16-6/h1-5H,(H,12,14)(H,13,15). The summed E-state index contributed by atoms with van der Waals surface area (Å²) in [6, 6.07) is 5.83. The van der Waals surface area contributed by atoms with Crippen LogP contribution in [-0.2, 0) is 0 Å². The molecule has 0 aliphatic heterocycles. The van der Waals surface area contributed by atoms with E-state index in [1.807, 2.05) is 0 Å². The van der Waals surface area contributed by atoms with Gasteiger partial charge in [0, 0.05) is 0 Å². The fourth-order valence-electron chi connectivity index (χ4n) is 1.08. The largest absolute Gasteiger partial charge is 0.459 e. The molecule has 0 aliphatic carbocycles. The fourth-order valence-corrected chi connectivity index (χ4v) is 1.23. The third-order valence-corrected chi connectivity index (χ3v) is 2.03. The fraction of sp³-hybridized carbons (Fsp3) is 0. The number of hydrogen-bond acceptors (Lipinski definition) is 4. The molecule has 17 heavy (non-hydrogen) atoms. The Morgan fingerprint density at radius 1 is 1.06 bits per heavy atom. The Labute approximate surface area is 101 Å². The molecule has 88 valence electrons. The van der Waals surface area contributed by atoms with Crippen LogP contribution in [0.15, 0.2) is 39.4 Å². The van der Waals surface area contributed by atoms with Crippen LogP contribution in [0.25, 0.3) is 0 Å². The van der Waals surface area contributed by atoms with Crippen molar-refractivity contribution in [2.75, 3.05) is 0 Å². The molecule has 2 amide bonds. The van der Waals surface area contributed by atoms with Crippen LogP contribution >= 0.6 is 11.6 Å². The van der Waals surface area contributed by atoms with Gasteiger partial charge in [-0.3, -0.25) is 20.4 Å². The van der Waals surface area contributed by atoms with Gasteiger partial charge in [-0.25, -0.2) is 0 Å². The summed E-state index contributed by atoms with van der Waals surface area (Å²) >= 11 is 5.50. The first-order valence-electron chi connectivity index (χ1n) is 4.56. The summed E-state index contributed by atoms with van der Waals surface area (Å²) in [5, 5.41) is 0.0903. The molecule has 2 N–H and O–H groups in total. The summed E-state index contributed by atoms with van der Waals surface area (Å²) in [7, 11) is 0. The Bertz CT molecular complexity index is 532. The topological polar surface area (TPSA) is 84.5 Å². The van der Waals surface area contributed by atoms with Crippen molar-refractivity contribution in [2.24, 2.45) is 0 Å². The summed E-state index contributed by atoms with van der Waals surface area (Å²) < 4.78 is 9.68. The third-order valence-electron chi connectivity index (χ3n) is 1.83. The quantitative estimate of drug-likeness (QED) is 0.797. The molecule has 0 aromatic carbocycles. The lowest BCUT2D eigenvalue weighted by Gasteiger charge is -2.03. The lowest BCUT2D eigenvalue weighted by Crippen LogP contribution is -2.41. The monoisotopic (exact) mass is 254 g/mol. The Balaban J connectivity index is 1.91. The van der Waals surface area contributed by atoms with Gasteiger partial charge in [0.1, 0.15) is 0 Å². The number of hydrazine groups is 1. The Hall–Kier alpha value is -2.21. The van der Waals surface area contributed by atoms with Gasteiger partial charge in [0.05, 0.1) is 6.26 Å². The van der Waals surface area contributed by atoms with Crippen molar-refractivity contribution < 1.29 is 18.4 Å². The summed E-state index contributed by atoms with van der Waals surface area (Å²) in [4.78, 5) is 22.8. The number of nitrogens with one attached hydrogen (secondary N) is 2. The van der Waals surface area contributed by atoms with Gasteiger partial charge in [0.15, 0.2) is 16.7 Å². The second-order valence-electron chi connectivity index (χ2n) is 2.99. The SMILES string of the molecule is O=C(NNC(=O)c1ccc(Cl)o1)c1ccco1. The molecule has 2 aromatic rings. The van der Waals surface area contributed by atoms with Crippen LogP contribution < -0.4 is 10.9 Å². The van der Waals surface area contributed by atoms with E-state index >= 15 is 0 Å². The van der Waals surface area contributed by atoms with Crippen molar-refractivity contribution in [3.63, 3.8) is 0 Å². The highest BCUT2D eigenvalue weighted by Crippen LogP contribution is 2.12. The van der Waals surface area contributed by atoms with Crippen molar-refractivity contribution in [2.45, 2.75) is 0 Å². The molecule has 2 heterocycles. The van der Waals surface area contributed by atoms with E-state index in [4.69, 9.17) is 20.4 Å². The molecule has 0 radical (unpaired) electrons. The molecule has 0 saturated heterocycles. The van der Waals surface area contributed by atoms with Crippen LogP contribution in [0.5, 0.6) is 0 Å². The molecular weight excluding hydrogens is 248 g/mol. The van der Waals surface area contributed by atoms with Gasteiger partial charge in [-0.2, -0.15) is 0 Å². The van der Waals surface area contributed by atoms with Crippen LogP contribution in [0, 0.1) is 0 Å². The summed E-state index contributed by atoms with van der Waals surface area (Å²) in [6.07, 6.45) is 1.35. The van der Waals surface area contributed by atoms with Crippen molar-refractivity contribution in [3.8, 4) is 0 Å². The molecule has 0 saturated carbocycles. The number of furan rings is 2. The van der Waals surface area contributed by atoms with Gasteiger partial charge >= 0.3 is 11.8 Å². The molecule has 0 spiro atoms. The second-order valence-corrected chi connectivity index (χ2v) is 3.36. The molecule has 0 atom stereocenters. The van der Waals surface area contributed by atoms with Gasteiger partial charge in [-0.1, -0.05) is 0 Å². The lowest BCUT2D eigenvalue weighted by molar-refractivity contribution is 0.0817. The highest BCUT2D eigenvalue weighted by atomic mass is 35.5. The molecule has 6 nitrogen and oxygen atoms in total. The molecule has 0 aliphatic rings. The highest BCUT2D eigenvalue weighted by Gasteiger charge is 2.13. The lowest BCUT2D eigenvalue weighted by atomic mass is 10.4. The Morgan fingerprint density at radius 2 is 1.76 bits per heavy atom. The average molecular weight is 255 g/mol. The minimum Gasteiger partial charge on any atom is -0.459 e. The van der Waals surface area contributed by atoms with Crippen LogP contribution in [0.4, 0.5) is 0 Å². The van der Waals surface area contributed by atoms with E-state index < -0.39 is 11.8 Å². The Morgan fingerprint density at radius 3 is 2.29 bits per heavy atom. The highest BCUT2D eigenvalue weighted by molar-refractivity contribution is 6.29. The summed E-state index contributed by atoms with van der Waals surface area (Å²) in [5.41, 5.74) is 4.31. The van der Waals surface area contributed by atoms with Gasteiger partial charge < -0.3 is 8.83 Å². The third kappa shape index (κ3) is 2.67. The maximum Gasteiger partial charge on any atom is 0.305 e. The first kappa shape index (κ1) is 11.3. The number of hydrogen-bond donors (Lipinski definition) is 2. The van der Waals surface area contributed by atoms with Gasteiger partial charge in [-0.15, -0.1) is 0 Å². The molecule has 7 heteroatoms. The van der Waals surface area contributed by atoms with Crippen LogP contribution in [0.1, 0.15) is 21.1 Å². The van der Waals surface area contributed by atoms with Crippen molar-refractivity contribution >= 4 is 23.4 Å². The number of carbonyl (C=O) groups excluding carboxylic acids is 2. The smallest absolute Gasteiger partial charge is 0.305 e. The predicted molar refractivity (Wildman–Crippen MR) is 57.4 cm³/mol. The number of amides is 2. The van der Waals surface area contributed by atoms with Crippen LogP contribution in [0.3, 0.4) is 0 Å². The summed E-state index contributed by atoms with van der Waals surface area (Å²) in [5.74, 6) is -1.10. The van der Waals surface area contributed by atoms with E-state index in [1.54, 1.807) is 6.07 Å². The first-order valence-corrected chi connectivity index (χ1v) is 4.94. The molecule has 0 bridgehead atoms. The van der Waals surface area contributed by atoms with E-state index in [1.165, 1.54) is 24.5 Å². The van der Waals surface area contributed by atoms with Gasteiger partial charge in [0.25, 0.3) is 0 Å². The first-order chi connectivity index (χ1) is 8.16. The molecule has 0 unspecified atom stereocenters. The second kappa shape index (κ2) is 4.75. The van der Waals surface area contributed by atoms with E-state index in [0.717, 1.165) is 0 Å². The van der Waals surface area contributed by atoms with E-state index in [0.29, 0.717) is 0 Å². The zero-order valence-corrected chi connectivity index (χ0v) is 9.15.